The van der Waals surface area contributed by atoms with Crippen LogP contribution in [-0.2, 0) is 16.2 Å². The van der Waals surface area contributed by atoms with Gasteiger partial charge in [-0.3, -0.25) is 13.7 Å². The fourth-order valence-corrected chi connectivity index (χ4v) is 10.00. The minimum Gasteiger partial charge on any atom is -0.458 e. The minimum atomic E-state index is -0.381. The largest absolute Gasteiger partial charge is 0.458 e. The maximum absolute atomic E-state index is 7.11. The molecular formula is C66H58N4O. The fourth-order valence-electron chi connectivity index (χ4n) is 10.00. The lowest BCUT2D eigenvalue weighted by Crippen LogP contribution is -2.30. The van der Waals surface area contributed by atoms with Gasteiger partial charge in [-0.05, 0) is 111 Å². The molecule has 11 aromatic rings. The van der Waals surface area contributed by atoms with Crippen LogP contribution in [0.5, 0.6) is 11.5 Å². The Bertz CT molecular complexity index is 3690. The van der Waals surface area contributed by atoms with Crippen LogP contribution in [0.2, 0.25) is 0 Å². The molecule has 0 bridgehead atoms. The molecule has 0 spiro atoms. The highest BCUT2D eigenvalue weighted by atomic mass is 16.5. The summed E-state index contributed by atoms with van der Waals surface area (Å²) in [5.41, 5.74) is 13.8. The van der Waals surface area contributed by atoms with E-state index < -0.39 is 0 Å². The molecule has 0 radical (unpaired) electrons. The smallest absolute Gasteiger partial charge is 0.269 e. The van der Waals surface area contributed by atoms with Crippen LogP contribution in [0.1, 0.15) is 76.3 Å². The van der Waals surface area contributed by atoms with Crippen molar-refractivity contribution in [3.63, 3.8) is 0 Å². The molecule has 5 nitrogen and oxygen atoms in total. The van der Waals surface area contributed by atoms with Gasteiger partial charge in [-0.25, -0.2) is 4.98 Å². The van der Waals surface area contributed by atoms with Gasteiger partial charge < -0.3 is 4.74 Å². The van der Waals surface area contributed by atoms with Crippen LogP contribution >= 0.6 is 0 Å². The van der Waals surface area contributed by atoms with Crippen LogP contribution < -0.4 is 9.30 Å². The highest BCUT2D eigenvalue weighted by Crippen LogP contribution is 2.41. The highest BCUT2D eigenvalue weighted by Gasteiger charge is 2.28. The molecule has 348 valence electrons. The Kier molecular flexibility index (Phi) is 11.4. The summed E-state index contributed by atoms with van der Waals surface area (Å²) in [4.78, 5) is 4.94. The summed E-state index contributed by atoms with van der Waals surface area (Å²) < 4.78 is 13.7. The Labute approximate surface area is 418 Å². The Morgan fingerprint density at radius 1 is 0.451 bits per heavy atom. The van der Waals surface area contributed by atoms with Crippen molar-refractivity contribution >= 4 is 21.8 Å². The maximum Gasteiger partial charge on any atom is 0.269 e. The third kappa shape index (κ3) is 8.63. The van der Waals surface area contributed by atoms with Gasteiger partial charge in [-0.2, -0.15) is 0 Å². The van der Waals surface area contributed by atoms with E-state index in [0.29, 0.717) is 0 Å². The van der Waals surface area contributed by atoms with Gasteiger partial charge in [0.25, 0.3) is 6.33 Å². The van der Waals surface area contributed by atoms with Crippen LogP contribution in [-0.4, -0.2) is 14.1 Å². The predicted octanol–water partition coefficient (Wildman–Crippen LogP) is 16.1. The molecule has 0 aliphatic rings. The SMILES string of the molecule is CC(C)(C)c1ccnc(-n2c3ccccc3c3ccc(Oc4cc(-n5[c-][n+](-c6cc(-c7ccccc7)cc(C(C)(C)c7ccccc7)c6)cc5-c5ccccc5)cc(C(C)(C)c5ccccc5)c4)cc32)c1. The number of hydrogen-bond acceptors (Lipinski definition) is 2. The molecule has 8 aromatic carbocycles. The maximum atomic E-state index is 7.11. The minimum absolute atomic E-state index is 0.0355. The van der Waals surface area contributed by atoms with Gasteiger partial charge in [-0.15, -0.1) is 0 Å². The molecule has 0 amide bonds. The van der Waals surface area contributed by atoms with E-state index in [9.17, 15) is 0 Å². The molecule has 0 saturated heterocycles. The first-order chi connectivity index (χ1) is 34.3. The van der Waals surface area contributed by atoms with Crippen LogP contribution in [0.15, 0.2) is 225 Å². The summed E-state index contributed by atoms with van der Waals surface area (Å²) in [6, 6.07) is 75.7. The van der Waals surface area contributed by atoms with Gasteiger partial charge in [0.1, 0.15) is 17.3 Å². The number of rotatable bonds is 11. The predicted molar refractivity (Wildman–Crippen MR) is 291 cm³/mol. The van der Waals surface area contributed by atoms with Crippen LogP contribution in [0.3, 0.4) is 0 Å². The molecule has 3 aromatic heterocycles. The highest BCUT2D eigenvalue weighted by molar-refractivity contribution is 6.09. The van der Waals surface area contributed by atoms with Gasteiger partial charge in [0.05, 0.1) is 28.1 Å². The molecule has 5 heteroatoms. The van der Waals surface area contributed by atoms with Crippen molar-refractivity contribution in [2.75, 3.05) is 0 Å². The molecule has 0 N–H and O–H groups in total. The zero-order valence-corrected chi connectivity index (χ0v) is 41.6. The number of benzene rings is 8. The number of aromatic nitrogens is 4. The van der Waals surface area contributed by atoms with Crippen molar-refractivity contribution in [3.8, 4) is 51.1 Å². The molecule has 0 fully saturated rings. The van der Waals surface area contributed by atoms with Crippen molar-refractivity contribution in [3.05, 3.63) is 259 Å². The molecule has 0 saturated carbocycles. The van der Waals surface area contributed by atoms with Crippen molar-refractivity contribution < 1.29 is 9.30 Å². The van der Waals surface area contributed by atoms with E-state index in [-0.39, 0.29) is 16.2 Å². The van der Waals surface area contributed by atoms with E-state index in [0.717, 1.165) is 73.1 Å². The van der Waals surface area contributed by atoms with Crippen LogP contribution in [0.25, 0.3) is 61.4 Å². The van der Waals surface area contributed by atoms with Crippen LogP contribution in [0.4, 0.5) is 0 Å². The monoisotopic (exact) mass is 922 g/mol. The van der Waals surface area contributed by atoms with Crippen molar-refractivity contribution in [1.82, 2.24) is 14.1 Å². The van der Waals surface area contributed by atoms with Gasteiger partial charge in [0.15, 0.2) is 0 Å². The number of imidazole rings is 1. The van der Waals surface area contributed by atoms with E-state index in [1.165, 1.54) is 27.6 Å². The topological polar surface area (TPSA) is 35.9 Å². The Morgan fingerprint density at radius 2 is 1.04 bits per heavy atom. The van der Waals surface area contributed by atoms with E-state index in [1.54, 1.807) is 0 Å². The van der Waals surface area contributed by atoms with Gasteiger partial charge in [0, 0.05) is 40.1 Å². The molecular weight excluding hydrogens is 865 g/mol. The molecule has 0 aliphatic heterocycles. The van der Waals surface area contributed by atoms with E-state index in [4.69, 9.17) is 9.72 Å². The number of para-hydroxylation sites is 1. The summed E-state index contributed by atoms with van der Waals surface area (Å²) in [5.74, 6) is 2.34. The third-order valence-corrected chi connectivity index (χ3v) is 14.4. The lowest BCUT2D eigenvalue weighted by atomic mass is 9.77. The molecule has 11 rings (SSSR count). The second-order valence-electron chi connectivity index (χ2n) is 20.8. The number of fused-ring (bicyclic) bond motifs is 3. The first-order valence-corrected chi connectivity index (χ1v) is 24.6. The van der Waals surface area contributed by atoms with Gasteiger partial charge >= 0.3 is 0 Å². The Morgan fingerprint density at radius 3 is 1.70 bits per heavy atom. The van der Waals surface area contributed by atoms with Crippen molar-refractivity contribution in [1.29, 1.82) is 0 Å². The molecule has 3 heterocycles. The third-order valence-electron chi connectivity index (χ3n) is 14.4. The lowest BCUT2D eigenvalue weighted by molar-refractivity contribution is -0.599. The molecule has 0 aliphatic carbocycles. The van der Waals surface area contributed by atoms with E-state index in [2.05, 4.69) is 287 Å². The number of pyridine rings is 1. The normalized spacial score (nSPS) is 12.2. The van der Waals surface area contributed by atoms with Crippen molar-refractivity contribution in [2.45, 2.75) is 64.7 Å². The second-order valence-corrected chi connectivity index (χ2v) is 20.8. The summed E-state index contributed by atoms with van der Waals surface area (Å²) >= 11 is 0. The van der Waals surface area contributed by atoms with Gasteiger partial charge in [-0.1, -0.05) is 194 Å². The van der Waals surface area contributed by atoms with E-state index >= 15 is 0 Å². The molecule has 71 heavy (non-hydrogen) atoms. The first kappa shape index (κ1) is 45.2. The molecule has 0 atom stereocenters. The van der Waals surface area contributed by atoms with Crippen molar-refractivity contribution in [2.24, 2.45) is 0 Å². The van der Waals surface area contributed by atoms with E-state index in [1.807, 2.05) is 6.20 Å². The summed E-state index contributed by atoms with van der Waals surface area (Å²) in [6.45, 7) is 15.9. The quantitative estimate of drug-likeness (QED) is 0.0957. The second kappa shape index (κ2) is 17.9. The Balaban J connectivity index is 1.09. The fraction of sp³-hybridized carbons (Fsp3) is 0.152. The number of ether oxygens (including phenoxy) is 1. The summed E-state index contributed by atoms with van der Waals surface area (Å²) in [7, 11) is 0. The Hall–Kier alpha value is -8.28. The summed E-state index contributed by atoms with van der Waals surface area (Å²) in [6.07, 6.45) is 8.00. The lowest BCUT2D eigenvalue weighted by Gasteiger charge is -2.28. The number of nitrogens with zero attached hydrogens (tertiary/aromatic N) is 4. The molecule has 0 unspecified atom stereocenters. The average Bonchev–Trinajstić information content (AvgIpc) is 4.00. The van der Waals surface area contributed by atoms with Crippen LogP contribution in [0, 0.1) is 6.33 Å². The van der Waals surface area contributed by atoms with Gasteiger partial charge in [0.2, 0.25) is 0 Å². The average molecular weight is 923 g/mol. The zero-order valence-electron chi connectivity index (χ0n) is 41.6. The standard InChI is InChI=1S/C66H58N4O/c1-64(2,3)51-34-35-67-63(41-51)70-60-31-21-20-30-58(60)59-33-32-56(43-61(59)70)71-57-40-53(66(6,7)50-28-18-11-19-29-50)39-55(42-57)69-45-68(44-62(69)47-24-14-9-15-25-47)54-37-48(46-22-12-8-13-23-46)36-52(38-54)65(4,5)49-26-16-10-17-27-49/h8-44H,1-7H3. The number of hydrogen-bond donors (Lipinski definition) is 0. The first-order valence-electron chi connectivity index (χ1n) is 24.6. The summed E-state index contributed by atoms with van der Waals surface area (Å²) in [5, 5.41) is 2.31. The zero-order chi connectivity index (χ0) is 48.9.